The molecule has 1 unspecified atom stereocenters. The van der Waals surface area contributed by atoms with Crippen LogP contribution in [0.1, 0.15) is 59.3 Å². The molecule has 1 amide bonds. The lowest BCUT2D eigenvalue weighted by atomic mass is 10.1. The van der Waals surface area contributed by atoms with Crippen LogP contribution in [0.3, 0.4) is 0 Å². The van der Waals surface area contributed by atoms with Crippen molar-refractivity contribution < 1.29 is 4.79 Å². The van der Waals surface area contributed by atoms with Crippen molar-refractivity contribution in [2.45, 2.75) is 71.4 Å². The molecule has 118 valence electrons. The molecule has 1 atom stereocenters. The molecule has 0 heterocycles. The molecule has 4 heteroatoms. The largest absolute Gasteiger partial charge is 0.352 e. The van der Waals surface area contributed by atoms with Gasteiger partial charge in [0.25, 0.3) is 0 Å². The summed E-state index contributed by atoms with van der Waals surface area (Å²) in [7, 11) is 0. The van der Waals surface area contributed by atoms with E-state index in [0.717, 1.165) is 32.5 Å². The van der Waals surface area contributed by atoms with Gasteiger partial charge in [0.05, 0.1) is 6.54 Å². The molecule has 0 aromatic heterocycles. The lowest BCUT2D eigenvalue weighted by Gasteiger charge is -2.24. The summed E-state index contributed by atoms with van der Waals surface area (Å²) in [6, 6.07) is 0.764. The first-order valence-electron chi connectivity index (χ1n) is 8.40. The van der Waals surface area contributed by atoms with Gasteiger partial charge in [-0.15, -0.1) is 0 Å². The molecule has 1 saturated carbocycles. The Morgan fingerprint density at radius 2 is 1.75 bits per heavy atom. The van der Waals surface area contributed by atoms with Crippen LogP contribution in [0.4, 0.5) is 0 Å². The Labute approximate surface area is 124 Å². The topological polar surface area (TPSA) is 44.4 Å². The smallest absolute Gasteiger partial charge is 0.234 e. The summed E-state index contributed by atoms with van der Waals surface area (Å²) in [5, 5.41) is 6.51. The molecule has 0 saturated heterocycles. The van der Waals surface area contributed by atoms with Crippen molar-refractivity contribution in [3.63, 3.8) is 0 Å². The van der Waals surface area contributed by atoms with Crippen LogP contribution in [0.2, 0.25) is 0 Å². The number of hydrogen-bond donors (Lipinski definition) is 2. The van der Waals surface area contributed by atoms with Crippen molar-refractivity contribution in [1.29, 1.82) is 0 Å². The van der Waals surface area contributed by atoms with E-state index >= 15 is 0 Å². The number of hydrogen-bond acceptors (Lipinski definition) is 3. The van der Waals surface area contributed by atoms with Crippen LogP contribution in [0, 0.1) is 0 Å². The van der Waals surface area contributed by atoms with Crippen molar-refractivity contribution in [1.82, 2.24) is 15.5 Å². The molecular formula is C16H33N3O. The number of rotatable bonds is 8. The minimum absolute atomic E-state index is 0.156. The standard InChI is InChI=1S/C16H33N3O/c1-4-19(5-2)13-14(3)17-12-16(20)18-15-10-8-6-7-9-11-15/h14-15,17H,4-13H2,1-3H3,(H,18,20). The SMILES string of the molecule is CCN(CC)CC(C)NCC(=O)NC1CCCCCC1. The van der Waals surface area contributed by atoms with E-state index in [1.54, 1.807) is 0 Å². The molecule has 0 aliphatic heterocycles. The average molecular weight is 283 g/mol. The predicted molar refractivity (Wildman–Crippen MR) is 84.9 cm³/mol. The third kappa shape index (κ3) is 7.25. The second kappa shape index (κ2) is 10.2. The summed E-state index contributed by atoms with van der Waals surface area (Å²) in [5.74, 6) is 0.156. The molecule has 0 aromatic rings. The van der Waals surface area contributed by atoms with Gasteiger partial charge in [-0.05, 0) is 32.9 Å². The van der Waals surface area contributed by atoms with Gasteiger partial charge in [-0.3, -0.25) is 4.79 Å². The first kappa shape index (κ1) is 17.4. The van der Waals surface area contributed by atoms with Crippen molar-refractivity contribution in [2.24, 2.45) is 0 Å². The minimum atomic E-state index is 0.156. The van der Waals surface area contributed by atoms with Crippen molar-refractivity contribution in [3.05, 3.63) is 0 Å². The summed E-state index contributed by atoms with van der Waals surface area (Å²) >= 11 is 0. The lowest BCUT2D eigenvalue weighted by Crippen LogP contribution is -2.45. The van der Waals surface area contributed by atoms with E-state index in [4.69, 9.17) is 0 Å². The Hall–Kier alpha value is -0.610. The van der Waals surface area contributed by atoms with Crippen LogP contribution < -0.4 is 10.6 Å². The first-order valence-corrected chi connectivity index (χ1v) is 8.40. The quantitative estimate of drug-likeness (QED) is 0.671. The number of nitrogens with one attached hydrogen (secondary N) is 2. The third-order valence-electron chi connectivity index (χ3n) is 4.26. The first-order chi connectivity index (χ1) is 9.65. The van der Waals surface area contributed by atoms with E-state index in [-0.39, 0.29) is 5.91 Å². The molecule has 1 aliphatic rings. The molecule has 2 N–H and O–H groups in total. The second-order valence-corrected chi connectivity index (χ2v) is 6.02. The van der Waals surface area contributed by atoms with Crippen molar-refractivity contribution in [2.75, 3.05) is 26.2 Å². The van der Waals surface area contributed by atoms with Crippen LogP contribution in [0.15, 0.2) is 0 Å². The van der Waals surface area contributed by atoms with Gasteiger partial charge in [0.15, 0.2) is 0 Å². The lowest BCUT2D eigenvalue weighted by molar-refractivity contribution is -0.121. The third-order valence-corrected chi connectivity index (χ3v) is 4.26. The number of nitrogens with zero attached hydrogens (tertiary/aromatic N) is 1. The van der Waals surface area contributed by atoms with Crippen molar-refractivity contribution in [3.8, 4) is 0 Å². The summed E-state index contributed by atoms with van der Waals surface area (Å²) in [6.07, 6.45) is 7.48. The van der Waals surface area contributed by atoms with Gasteiger partial charge >= 0.3 is 0 Å². The fourth-order valence-corrected chi connectivity index (χ4v) is 2.90. The van der Waals surface area contributed by atoms with Crippen LogP contribution in [0.25, 0.3) is 0 Å². The molecule has 4 nitrogen and oxygen atoms in total. The van der Waals surface area contributed by atoms with E-state index in [1.165, 1.54) is 25.7 Å². The van der Waals surface area contributed by atoms with Gasteiger partial charge in [-0.2, -0.15) is 0 Å². The van der Waals surface area contributed by atoms with Gasteiger partial charge in [0, 0.05) is 18.6 Å². The molecule has 0 bridgehead atoms. The molecule has 1 fully saturated rings. The Kier molecular flexibility index (Phi) is 8.86. The maximum Gasteiger partial charge on any atom is 0.234 e. The Morgan fingerprint density at radius 1 is 1.15 bits per heavy atom. The molecule has 1 aliphatic carbocycles. The van der Waals surface area contributed by atoms with E-state index in [2.05, 4.69) is 36.3 Å². The maximum absolute atomic E-state index is 12.0. The molecule has 0 radical (unpaired) electrons. The molecule has 1 rings (SSSR count). The van der Waals surface area contributed by atoms with Gasteiger partial charge in [-0.25, -0.2) is 0 Å². The van der Waals surface area contributed by atoms with Crippen LogP contribution in [-0.2, 0) is 4.79 Å². The number of likely N-dealkylation sites (N-methyl/N-ethyl adjacent to an activating group) is 1. The Balaban J connectivity index is 2.18. The second-order valence-electron chi connectivity index (χ2n) is 6.02. The molecule has 20 heavy (non-hydrogen) atoms. The summed E-state index contributed by atoms with van der Waals surface area (Å²) in [5.41, 5.74) is 0. The van der Waals surface area contributed by atoms with Crippen LogP contribution >= 0.6 is 0 Å². The Bertz CT molecular complexity index is 258. The number of amides is 1. The summed E-state index contributed by atoms with van der Waals surface area (Å²) in [4.78, 5) is 14.3. The highest BCUT2D eigenvalue weighted by Crippen LogP contribution is 2.16. The molecule has 0 aromatic carbocycles. The predicted octanol–water partition coefficient (Wildman–Crippen LogP) is 2.15. The van der Waals surface area contributed by atoms with E-state index in [9.17, 15) is 4.79 Å². The van der Waals surface area contributed by atoms with E-state index in [1.807, 2.05) is 0 Å². The normalized spacial score (nSPS) is 18.8. The monoisotopic (exact) mass is 283 g/mol. The van der Waals surface area contributed by atoms with Gasteiger partial charge in [0.1, 0.15) is 0 Å². The number of carbonyl (C=O) groups is 1. The van der Waals surface area contributed by atoms with Crippen LogP contribution in [-0.4, -0.2) is 49.1 Å². The molecule has 0 spiro atoms. The summed E-state index contributed by atoms with van der Waals surface area (Å²) in [6.45, 7) is 10.1. The van der Waals surface area contributed by atoms with Gasteiger partial charge in [0.2, 0.25) is 5.91 Å². The fourth-order valence-electron chi connectivity index (χ4n) is 2.90. The van der Waals surface area contributed by atoms with E-state index < -0.39 is 0 Å². The highest BCUT2D eigenvalue weighted by atomic mass is 16.1. The Morgan fingerprint density at radius 3 is 2.30 bits per heavy atom. The number of carbonyl (C=O) groups excluding carboxylic acids is 1. The zero-order valence-corrected chi connectivity index (χ0v) is 13.6. The highest BCUT2D eigenvalue weighted by Gasteiger charge is 2.15. The average Bonchev–Trinajstić information content (AvgIpc) is 2.71. The van der Waals surface area contributed by atoms with Crippen molar-refractivity contribution >= 4 is 5.91 Å². The van der Waals surface area contributed by atoms with Gasteiger partial charge in [-0.1, -0.05) is 39.5 Å². The zero-order chi connectivity index (χ0) is 14.8. The van der Waals surface area contributed by atoms with Crippen LogP contribution in [0.5, 0.6) is 0 Å². The van der Waals surface area contributed by atoms with E-state index in [0.29, 0.717) is 18.6 Å². The fraction of sp³-hybridized carbons (Fsp3) is 0.938. The minimum Gasteiger partial charge on any atom is -0.352 e. The molecular weight excluding hydrogens is 250 g/mol. The van der Waals surface area contributed by atoms with Gasteiger partial charge < -0.3 is 15.5 Å². The summed E-state index contributed by atoms with van der Waals surface area (Å²) < 4.78 is 0. The zero-order valence-electron chi connectivity index (χ0n) is 13.6. The maximum atomic E-state index is 12.0. The highest BCUT2D eigenvalue weighted by molar-refractivity contribution is 5.78.